The maximum absolute atomic E-state index is 12.0. The maximum Gasteiger partial charge on any atom is 0.329 e. The summed E-state index contributed by atoms with van der Waals surface area (Å²) in [6.45, 7) is 0.0209. The molecule has 1 heterocycles. The van der Waals surface area contributed by atoms with Gasteiger partial charge in [0.1, 0.15) is 11.5 Å². The van der Waals surface area contributed by atoms with Crippen molar-refractivity contribution >= 4 is 29.6 Å². The number of pyridine rings is 1. The molecule has 174 valence electrons. The summed E-state index contributed by atoms with van der Waals surface area (Å²) in [5.41, 5.74) is 4.23. The molecule has 0 aliphatic heterocycles. The van der Waals surface area contributed by atoms with Gasteiger partial charge >= 0.3 is 11.8 Å². The Bertz CT molecular complexity index is 1130. The smallest absolute Gasteiger partial charge is 0.329 e. The number of anilines is 1. The van der Waals surface area contributed by atoms with Gasteiger partial charge in [-0.25, -0.2) is 5.43 Å². The van der Waals surface area contributed by atoms with E-state index >= 15 is 0 Å². The lowest BCUT2D eigenvalue weighted by molar-refractivity contribution is -0.139. The molecule has 0 spiro atoms. The molecule has 10 heteroatoms. The molecule has 0 atom stereocenters. The van der Waals surface area contributed by atoms with Crippen LogP contribution in [0.25, 0.3) is 0 Å². The van der Waals surface area contributed by atoms with Crippen molar-refractivity contribution in [2.24, 2.45) is 5.10 Å². The third-order valence-corrected chi connectivity index (χ3v) is 4.39. The van der Waals surface area contributed by atoms with Crippen molar-refractivity contribution < 1.29 is 23.9 Å². The van der Waals surface area contributed by atoms with Crippen LogP contribution in [0.3, 0.4) is 0 Å². The second kappa shape index (κ2) is 12.3. The standard InChI is InChI=1S/C24H23N5O5/c1-33-20-10-6-19(7-11-20)28-22(30)16-34-21-8-4-17(5-9-21)15-27-29-24(32)23(31)26-14-18-3-2-12-25-13-18/h2-13,15H,14,16H2,1H3,(H,26,31)(H,28,30)(H,29,32)/b27-15-. The van der Waals surface area contributed by atoms with Gasteiger partial charge in [-0.3, -0.25) is 19.4 Å². The van der Waals surface area contributed by atoms with Crippen molar-refractivity contribution in [3.8, 4) is 11.5 Å². The van der Waals surface area contributed by atoms with Gasteiger partial charge in [-0.2, -0.15) is 5.10 Å². The van der Waals surface area contributed by atoms with Crippen molar-refractivity contribution in [2.45, 2.75) is 6.54 Å². The molecule has 2 aromatic carbocycles. The first-order chi connectivity index (χ1) is 16.5. The fraction of sp³-hybridized carbons (Fsp3) is 0.125. The average molecular weight is 461 g/mol. The van der Waals surface area contributed by atoms with E-state index in [4.69, 9.17) is 9.47 Å². The minimum Gasteiger partial charge on any atom is -0.497 e. The fourth-order valence-corrected chi connectivity index (χ4v) is 2.65. The van der Waals surface area contributed by atoms with Crippen LogP contribution >= 0.6 is 0 Å². The zero-order valence-electron chi connectivity index (χ0n) is 18.4. The van der Waals surface area contributed by atoms with Crippen LogP contribution in [-0.4, -0.2) is 42.6 Å². The quantitative estimate of drug-likeness (QED) is 0.253. The van der Waals surface area contributed by atoms with E-state index in [1.807, 2.05) is 0 Å². The number of nitrogens with one attached hydrogen (secondary N) is 3. The summed E-state index contributed by atoms with van der Waals surface area (Å²) in [4.78, 5) is 39.6. The number of hydrogen-bond acceptors (Lipinski definition) is 7. The molecule has 0 saturated carbocycles. The van der Waals surface area contributed by atoms with Gasteiger partial charge in [0.05, 0.1) is 13.3 Å². The molecular formula is C24H23N5O5. The number of methoxy groups -OCH3 is 1. The van der Waals surface area contributed by atoms with Gasteiger partial charge in [0, 0.05) is 24.6 Å². The number of carbonyl (C=O) groups is 3. The zero-order chi connectivity index (χ0) is 24.2. The lowest BCUT2D eigenvalue weighted by Crippen LogP contribution is -2.37. The Morgan fingerprint density at radius 1 is 0.971 bits per heavy atom. The molecular weight excluding hydrogens is 438 g/mol. The monoisotopic (exact) mass is 461 g/mol. The van der Waals surface area contributed by atoms with E-state index in [1.54, 1.807) is 80.2 Å². The normalized spacial score (nSPS) is 10.4. The van der Waals surface area contributed by atoms with Gasteiger partial charge in [-0.15, -0.1) is 0 Å². The number of rotatable bonds is 9. The summed E-state index contributed by atoms with van der Waals surface area (Å²) in [6, 6.07) is 17.2. The number of benzene rings is 2. The number of aromatic nitrogens is 1. The van der Waals surface area contributed by atoms with Crippen LogP contribution in [-0.2, 0) is 20.9 Å². The largest absolute Gasteiger partial charge is 0.497 e. The molecule has 0 fully saturated rings. The first-order valence-electron chi connectivity index (χ1n) is 10.2. The van der Waals surface area contributed by atoms with Gasteiger partial charge in [-0.05, 0) is 65.7 Å². The van der Waals surface area contributed by atoms with Crippen molar-refractivity contribution in [2.75, 3.05) is 19.0 Å². The third kappa shape index (κ3) is 7.75. The minimum absolute atomic E-state index is 0.163. The average Bonchev–Trinajstić information content (AvgIpc) is 2.87. The number of amides is 3. The Morgan fingerprint density at radius 3 is 2.38 bits per heavy atom. The molecule has 34 heavy (non-hydrogen) atoms. The third-order valence-electron chi connectivity index (χ3n) is 4.39. The van der Waals surface area contributed by atoms with Crippen LogP contribution in [0.5, 0.6) is 11.5 Å². The number of ether oxygens (including phenoxy) is 2. The van der Waals surface area contributed by atoms with Gasteiger partial charge in [0.2, 0.25) is 0 Å². The van der Waals surface area contributed by atoms with Crippen LogP contribution in [0, 0.1) is 0 Å². The van der Waals surface area contributed by atoms with E-state index in [1.165, 1.54) is 6.21 Å². The molecule has 0 radical (unpaired) electrons. The van der Waals surface area contributed by atoms with Gasteiger partial charge < -0.3 is 20.1 Å². The van der Waals surface area contributed by atoms with E-state index in [0.717, 1.165) is 5.56 Å². The zero-order valence-corrected chi connectivity index (χ0v) is 18.4. The number of hydrogen-bond donors (Lipinski definition) is 3. The molecule has 10 nitrogen and oxygen atoms in total. The molecule has 3 aromatic rings. The SMILES string of the molecule is COc1ccc(NC(=O)COc2ccc(/C=N\NC(=O)C(=O)NCc3cccnc3)cc2)cc1. The molecule has 3 amide bonds. The van der Waals surface area contributed by atoms with Crippen molar-refractivity contribution in [1.82, 2.24) is 15.7 Å². The molecule has 0 aliphatic rings. The van der Waals surface area contributed by atoms with Crippen LogP contribution in [0.1, 0.15) is 11.1 Å². The van der Waals surface area contributed by atoms with Crippen molar-refractivity contribution in [3.63, 3.8) is 0 Å². The maximum atomic E-state index is 12.0. The number of carbonyl (C=O) groups excluding carboxylic acids is 3. The number of nitrogens with zero attached hydrogens (tertiary/aromatic N) is 2. The molecule has 0 bridgehead atoms. The van der Waals surface area contributed by atoms with Gasteiger partial charge in [0.25, 0.3) is 5.91 Å². The summed E-state index contributed by atoms with van der Waals surface area (Å²) in [5.74, 6) is -0.816. The van der Waals surface area contributed by atoms with E-state index in [2.05, 4.69) is 26.1 Å². The van der Waals surface area contributed by atoms with Gasteiger partial charge in [0.15, 0.2) is 6.61 Å². The van der Waals surface area contributed by atoms with Gasteiger partial charge in [-0.1, -0.05) is 6.07 Å². The highest BCUT2D eigenvalue weighted by molar-refractivity contribution is 6.35. The van der Waals surface area contributed by atoms with Crippen molar-refractivity contribution in [3.05, 3.63) is 84.2 Å². The van der Waals surface area contributed by atoms with E-state index < -0.39 is 11.8 Å². The summed E-state index contributed by atoms with van der Waals surface area (Å²) in [5, 5.41) is 8.97. The first-order valence-corrected chi connectivity index (χ1v) is 10.2. The highest BCUT2D eigenvalue weighted by Crippen LogP contribution is 2.15. The predicted octanol–water partition coefficient (Wildman–Crippen LogP) is 1.87. The Balaban J connectivity index is 1.39. The van der Waals surface area contributed by atoms with Crippen LogP contribution in [0.15, 0.2) is 78.2 Å². The topological polar surface area (TPSA) is 131 Å². The first kappa shape index (κ1) is 23.9. The summed E-state index contributed by atoms with van der Waals surface area (Å²) in [7, 11) is 1.57. The molecule has 3 N–H and O–H groups in total. The minimum atomic E-state index is -0.886. The van der Waals surface area contributed by atoms with E-state index in [9.17, 15) is 14.4 Å². The molecule has 1 aromatic heterocycles. The van der Waals surface area contributed by atoms with E-state index in [-0.39, 0.29) is 19.1 Å². The summed E-state index contributed by atoms with van der Waals surface area (Å²) in [6.07, 6.45) is 4.59. The second-order valence-corrected chi connectivity index (χ2v) is 6.88. The second-order valence-electron chi connectivity index (χ2n) is 6.88. The highest BCUT2D eigenvalue weighted by atomic mass is 16.5. The lowest BCUT2D eigenvalue weighted by Gasteiger charge is -2.08. The molecule has 3 rings (SSSR count). The molecule has 0 saturated heterocycles. The summed E-state index contributed by atoms with van der Waals surface area (Å²) < 4.78 is 10.5. The van der Waals surface area contributed by atoms with E-state index in [0.29, 0.717) is 22.7 Å². The Hall–Kier alpha value is -4.73. The Kier molecular flexibility index (Phi) is 8.68. The van der Waals surface area contributed by atoms with Crippen LogP contribution < -0.4 is 25.5 Å². The highest BCUT2D eigenvalue weighted by Gasteiger charge is 2.11. The van der Waals surface area contributed by atoms with Crippen LogP contribution in [0.2, 0.25) is 0 Å². The summed E-state index contributed by atoms with van der Waals surface area (Å²) >= 11 is 0. The fourth-order valence-electron chi connectivity index (χ4n) is 2.65. The lowest BCUT2D eigenvalue weighted by atomic mass is 10.2. The molecule has 0 aliphatic carbocycles. The number of hydrazone groups is 1. The van der Waals surface area contributed by atoms with Crippen LogP contribution in [0.4, 0.5) is 5.69 Å². The molecule has 0 unspecified atom stereocenters. The Morgan fingerprint density at radius 2 is 1.71 bits per heavy atom. The Labute approximate surface area is 196 Å². The predicted molar refractivity (Wildman–Crippen MR) is 125 cm³/mol. The van der Waals surface area contributed by atoms with Crippen molar-refractivity contribution in [1.29, 1.82) is 0 Å².